The molecule has 0 spiro atoms. The quantitative estimate of drug-likeness (QED) is 0.688. The molecule has 2 heterocycles. The average molecular weight is 306 g/mol. The summed E-state index contributed by atoms with van der Waals surface area (Å²) in [5.41, 5.74) is 2.25. The molecule has 1 aromatic heterocycles. The second-order valence-electron chi connectivity index (χ2n) is 6.42. The summed E-state index contributed by atoms with van der Waals surface area (Å²) in [6.45, 7) is 4.59. The first kappa shape index (κ1) is 14.5. The van der Waals surface area contributed by atoms with Crippen LogP contribution in [-0.4, -0.2) is 29.1 Å². The summed E-state index contributed by atoms with van der Waals surface area (Å²) in [6, 6.07) is 16.0. The van der Waals surface area contributed by atoms with Crippen molar-refractivity contribution in [2.24, 2.45) is 0 Å². The first-order chi connectivity index (χ1) is 11.3. The number of para-hydroxylation sites is 2. The van der Waals surface area contributed by atoms with Crippen molar-refractivity contribution < 1.29 is 0 Å². The highest BCUT2D eigenvalue weighted by molar-refractivity contribution is 5.93. The standard InChI is InChI=1S/C20H22N2O/c23-20-16-8-1-3-10-18(16)22(19-11-4-2-9-17(19)20)15-7-14-21-12-5-6-13-21/h1-4,8-11H,5-7,12-15H2. The third kappa shape index (κ3) is 2.66. The van der Waals surface area contributed by atoms with E-state index in [0.717, 1.165) is 41.3 Å². The van der Waals surface area contributed by atoms with Gasteiger partial charge in [-0.3, -0.25) is 4.79 Å². The van der Waals surface area contributed by atoms with Crippen LogP contribution in [0, 0.1) is 0 Å². The number of aryl methyl sites for hydroxylation is 1. The molecule has 0 N–H and O–H groups in total. The molecule has 0 saturated carbocycles. The van der Waals surface area contributed by atoms with Crippen LogP contribution in [0.2, 0.25) is 0 Å². The van der Waals surface area contributed by atoms with E-state index in [1.807, 2.05) is 36.4 Å². The van der Waals surface area contributed by atoms with E-state index in [1.54, 1.807) is 0 Å². The monoisotopic (exact) mass is 306 g/mol. The van der Waals surface area contributed by atoms with Gasteiger partial charge in [0.1, 0.15) is 0 Å². The molecule has 1 fully saturated rings. The molecular weight excluding hydrogens is 284 g/mol. The highest BCUT2D eigenvalue weighted by Gasteiger charge is 2.12. The van der Waals surface area contributed by atoms with Crippen molar-refractivity contribution in [2.75, 3.05) is 19.6 Å². The second kappa shape index (κ2) is 6.17. The Morgan fingerprint density at radius 3 is 1.96 bits per heavy atom. The van der Waals surface area contributed by atoms with Gasteiger partial charge in [-0.1, -0.05) is 24.3 Å². The van der Waals surface area contributed by atoms with Gasteiger partial charge in [0.15, 0.2) is 5.43 Å². The molecule has 0 bridgehead atoms. The third-order valence-corrected chi connectivity index (χ3v) is 4.93. The van der Waals surface area contributed by atoms with Crippen molar-refractivity contribution in [1.82, 2.24) is 9.47 Å². The van der Waals surface area contributed by atoms with Gasteiger partial charge in [-0.2, -0.15) is 0 Å². The van der Waals surface area contributed by atoms with Crippen LogP contribution < -0.4 is 5.43 Å². The van der Waals surface area contributed by atoms with E-state index in [0.29, 0.717) is 0 Å². The Balaban J connectivity index is 1.76. The van der Waals surface area contributed by atoms with Gasteiger partial charge >= 0.3 is 0 Å². The molecule has 1 aliphatic rings. The number of likely N-dealkylation sites (tertiary alicyclic amines) is 1. The number of pyridine rings is 1. The lowest BCUT2D eigenvalue weighted by Crippen LogP contribution is -2.22. The van der Waals surface area contributed by atoms with E-state index in [1.165, 1.54) is 25.9 Å². The highest BCUT2D eigenvalue weighted by Crippen LogP contribution is 2.19. The van der Waals surface area contributed by atoms with Gasteiger partial charge in [-0.15, -0.1) is 0 Å². The molecule has 23 heavy (non-hydrogen) atoms. The fraction of sp³-hybridized carbons (Fsp3) is 0.350. The van der Waals surface area contributed by atoms with E-state index in [9.17, 15) is 4.79 Å². The average Bonchev–Trinajstić information content (AvgIpc) is 3.11. The zero-order valence-electron chi connectivity index (χ0n) is 13.4. The Hall–Kier alpha value is -2.13. The molecule has 3 nitrogen and oxygen atoms in total. The van der Waals surface area contributed by atoms with E-state index >= 15 is 0 Å². The lowest BCUT2D eigenvalue weighted by molar-refractivity contribution is 0.327. The highest BCUT2D eigenvalue weighted by atomic mass is 16.1. The first-order valence-corrected chi connectivity index (χ1v) is 8.57. The number of benzene rings is 2. The topological polar surface area (TPSA) is 25.2 Å². The summed E-state index contributed by atoms with van der Waals surface area (Å²) in [4.78, 5) is 15.3. The van der Waals surface area contributed by atoms with Crippen LogP contribution in [0.3, 0.4) is 0 Å². The summed E-state index contributed by atoms with van der Waals surface area (Å²) in [6.07, 6.45) is 3.80. The Bertz CT molecular complexity index is 831. The van der Waals surface area contributed by atoms with E-state index in [4.69, 9.17) is 0 Å². The maximum absolute atomic E-state index is 12.7. The van der Waals surface area contributed by atoms with Crippen molar-refractivity contribution in [1.29, 1.82) is 0 Å². The predicted octanol–water partition coefficient (Wildman–Crippen LogP) is 3.64. The molecule has 118 valence electrons. The predicted molar refractivity (Wildman–Crippen MR) is 96.0 cm³/mol. The van der Waals surface area contributed by atoms with Crippen LogP contribution in [-0.2, 0) is 6.54 Å². The van der Waals surface area contributed by atoms with Crippen LogP contribution in [0.1, 0.15) is 19.3 Å². The van der Waals surface area contributed by atoms with Crippen LogP contribution in [0.25, 0.3) is 21.8 Å². The van der Waals surface area contributed by atoms with Crippen molar-refractivity contribution in [3.05, 3.63) is 58.8 Å². The SMILES string of the molecule is O=c1c2ccccc2n(CCCN2CCCC2)c2ccccc12. The van der Waals surface area contributed by atoms with Crippen LogP contribution >= 0.6 is 0 Å². The molecule has 0 aliphatic carbocycles. The molecule has 0 amide bonds. The first-order valence-electron chi connectivity index (χ1n) is 8.57. The van der Waals surface area contributed by atoms with Gasteiger partial charge < -0.3 is 9.47 Å². The third-order valence-electron chi connectivity index (χ3n) is 4.93. The zero-order chi connectivity index (χ0) is 15.6. The summed E-state index contributed by atoms with van der Waals surface area (Å²) >= 11 is 0. The lowest BCUT2D eigenvalue weighted by Gasteiger charge is -2.18. The van der Waals surface area contributed by atoms with Gasteiger partial charge in [-0.05, 0) is 63.2 Å². The van der Waals surface area contributed by atoms with E-state index < -0.39 is 0 Å². The minimum Gasteiger partial charge on any atom is -0.340 e. The number of rotatable bonds is 4. The van der Waals surface area contributed by atoms with E-state index in [2.05, 4.69) is 21.6 Å². The fourth-order valence-corrected chi connectivity index (χ4v) is 3.78. The largest absolute Gasteiger partial charge is 0.340 e. The smallest absolute Gasteiger partial charge is 0.197 e. The second-order valence-corrected chi connectivity index (χ2v) is 6.42. The minimum absolute atomic E-state index is 0.145. The molecular formula is C20H22N2O. The number of fused-ring (bicyclic) bond motifs is 2. The molecule has 3 aromatic rings. The van der Waals surface area contributed by atoms with Gasteiger partial charge in [0.2, 0.25) is 0 Å². The van der Waals surface area contributed by atoms with Gasteiger partial charge in [0.25, 0.3) is 0 Å². The Labute approximate surface area is 136 Å². The number of hydrogen-bond acceptors (Lipinski definition) is 2. The van der Waals surface area contributed by atoms with Gasteiger partial charge in [0.05, 0.1) is 11.0 Å². The van der Waals surface area contributed by atoms with Crippen LogP contribution in [0.15, 0.2) is 53.3 Å². The Morgan fingerprint density at radius 2 is 1.35 bits per heavy atom. The molecule has 1 aliphatic heterocycles. The van der Waals surface area contributed by atoms with Crippen molar-refractivity contribution in [3.8, 4) is 0 Å². The molecule has 0 radical (unpaired) electrons. The minimum atomic E-state index is 0.145. The maximum Gasteiger partial charge on any atom is 0.197 e. The molecule has 2 aromatic carbocycles. The fourth-order valence-electron chi connectivity index (χ4n) is 3.78. The number of aromatic nitrogens is 1. The normalized spacial score (nSPS) is 15.7. The van der Waals surface area contributed by atoms with Crippen molar-refractivity contribution in [3.63, 3.8) is 0 Å². The van der Waals surface area contributed by atoms with Gasteiger partial charge in [-0.25, -0.2) is 0 Å². The van der Waals surface area contributed by atoms with Crippen molar-refractivity contribution in [2.45, 2.75) is 25.8 Å². The molecule has 0 atom stereocenters. The Kier molecular flexibility index (Phi) is 3.88. The van der Waals surface area contributed by atoms with Crippen LogP contribution in [0.5, 0.6) is 0 Å². The summed E-state index contributed by atoms with van der Waals surface area (Å²) in [5, 5.41) is 1.65. The number of hydrogen-bond donors (Lipinski definition) is 0. The van der Waals surface area contributed by atoms with Crippen LogP contribution in [0.4, 0.5) is 0 Å². The van der Waals surface area contributed by atoms with Gasteiger partial charge in [0, 0.05) is 17.3 Å². The summed E-state index contributed by atoms with van der Waals surface area (Å²) < 4.78 is 2.32. The Morgan fingerprint density at radius 1 is 0.783 bits per heavy atom. The van der Waals surface area contributed by atoms with Crippen molar-refractivity contribution >= 4 is 21.8 Å². The van der Waals surface area contributed by atoms with E-state index in [-0.39, 0.29) is 5.43 Å². The molecule has 4 rings (SSSR count). The summed E-state index contributed by atoms with van der Waals surface area (Å²) in [5.74, 6) is 0. The summed E-state index contributed by atoms with van der Waals surface area (Å²) in [7, 11) is 0. The molecule has 0 unspecified atom stereocenters. The zero-order valence-corrected chi connectivity index (χ0v) is 13.4. The molecule has 1 saturated heterocycles. The lowest BCUT2D eigenvalue weighted by atomic mass is 10.1. The maximum atomic E-state index is 12.7. The number of nitrogens with zero attached hydrogens (tertiary/aromatic N) is 2. The molecule has 3 heteroatoms.